The molecule has 0 aliphatic heterocycles. The van der Waals surface area contributed by atoms with Gasteiger partial charge in [0.05, 0.1) is 31.7 Å². The van der Waals surface area contributed by atoms with Gasteiger partial charge in [-0.15, -0.1) is 0 Å². The molecular weight excluding hydrogens is 374 g/mol. The maximum Gasteiger partial charge on any atom is 0.411 e. The van der Waals surface area contributed by atoms with Crippen molar-refractivity contribution in [2.24, 2.45) is 0 Å². The summed E-state index contributed by atoms with van der Waals surface area (Å²) in [5.41, 5.74) is 1.28. The van der Waals surface area contributed by atoms with Crippen LogP contribution in [-0.2, 0) is 4.74 Å². The number of hydrogen-bond acceptors (Lipinski definition) is 7. The van der Waals surface area contributed by atoms with Gasteiger partial charge >= 0.3 is 6.09 Å². The van der Waals surface area contributed by atoms with E-state index in [9.17, 15) is 4.79 Å². The third-order valence-electron chi connectivity index (χ3n) is 4.15. The largest absolute Gasteiger partial charge is 0.493 e. The minimum atomic E-state index is -0.477. The highest BCUT2D eigenvalue weighted by Gasteiger charge is 2.12. The van der Waals surface area contributed by atoms with Crippen molar-refractivity contribution in [1.82, 2.24) is 9.97 Å². The number of anilines is 1. The number of fused-ring (bicyclic) bond motifs is 1. The molecule has 2 aromatic carbocycles. The minimum Gasteiger partial charge on any atom is -0.493 e. The Bertz CT molecular complexity index is 976. The lowest BCUT2D eigenvalue weighted by Gasteiger charge is -2.12. The van der Waals surface area contributed by atoms with Gasteiger partial charge in [-0.25, -0.2) is 14.8 Å². The van der Waals surface area contributed by atoms with E-state index in [0.29, 0.717) is 46.3 Å². The van der Waals surface area contributed by atoms with Crippen LogP contribution < -0.4 is 19.5 Å². The topological polar surface area (TPSA) is 91.8 Å². The van der Waals surface area contributed by atoms with Gasteiger partial charge in [-0.2, -0.15) is 0 Å². The van der Waals surface area contributed by atoms with Crippen LogP contribution in [0.25, 0.3) is 10.9 Å². The zero-order chi connectivity index (χ0) is 20.6. The Morgan fingerprint density at radius 1 is 1.03 bits per heavy atom. The van der Waals surface area contributed by atoms with Crippen LogP contribution in [-0.4, -0.2) is 36.9 Å². The Balaban J connectivity index is 1.74. The van der Waals surface area contributed by atoms with Crippen LogP contribution in [0.5, 0.6) is 23.1 Å². The average Bonchev–Trinajstić information content (AvgIpc) is 2.74. The molecule has 3 aromatic rings. The molecule has 0 radical (unpaired) electrons. The number of carbonyl (C=O) groups is 1. The van der Waals surface area contributed by atoms with E-state index in [4.69, 9.17) is 18.9 Å². The van der Waals surface area contributed by atoms with E-state index in [2.05, 4.69) is 15.3 Å². The summed E-state index contributed by atoms with van der Waals surface area (Å²) in [5, 5.41) is 3.36. The number of amides is 1. The van der Waals surface area contributed by atoms with Gasteiger partial charge in [0.1, 0.15) is 12.1 Å². The van der Waals surface area contributed by atoms with Gasteiger partial charge in [-0.1, -0.05) is 13.3 Å². The number of benzene rings is 2. The number of unbranched alkanes of at least 4 members (excludes halogenated alkanes) is 1. The summed E-state index contributed by atoms with van der Waals surface area (Å²) in [5.74, 6) is 2.08. The fourth-order valence-corrected chi connectivity index (χ4v) is 2.62. The molecule has 0 bridgehead atoms. The number of methoxy groups -OCH3 is 2. The van der Waals surface area contributed by atoms with Gasteiger partial charge in [0.15, 0.2) is 11.5 Å². The molecule has 152 valence electrons. The van der Waals surface area contributed by atoms with Gasteiger partial charge in [0.25, 0.3) is 0 Å². The molecule has 0 spiro atoms. The second-order valence-electron chi connectivity index (χ2n) is 6.14. The number of hydrogen-bond donors (Lipinski definition) is 1. The van der Waals surface area contributed by atoms with Crippen LogP contribution in [0.2, 0.25) is 0 Å². The Kier molecular flexibility index (Phi) is 6.67. The number of ether oxygens (including phenoxy) is 4. The minimum absolute atomic E-state index is 0.385. The molecular formula is C21H23N3O5. The monoisotopic (exact) mass is 397 g/mol. The first-order chi connectivity index (χ1) is 14.1. The van der Waals surface area contributed by atoms with Gasteiger partial charge < -0.3 is 18.9 Å². The van der Waals surface area contributed by atoms with Crippen LogP contribution in [0.15, 0.2) is 42.7 Å². The normalized spacial score (nSPS) is 10.4. The Hall–Kier alpha value is -3.55. The van der Waals surface area contributed by atoms with E-state index in [0.717, 1.165) is 12.8 Å². The van der Waals surface area contributed by atoms with Crippen molar-refractivity contribution in [3.05, 3.63) is 42.7 Å². The van der Waals surface area contributed by atoms with Crippen molar-refractivity contribution in [2.45, 2.75) is 19.8 Å². The number of carbonyl (C=O) groups excluding carboxylic acids is 1. The second kappa shape index (κ2) is 9.59. The number of aromatic nitrogens is 2. The highest BCUT2D eigenvalue weighted by Crippen LogP contribution is 2.35. The molecule has 29 heavy (non-hydrogen) atoms. The summed E-state index contributed by atoms with van der Waals surface area (Å²) >= 11 is 0. The molecule has 1 heterocycles. The fraction of sp³-hybridized carbons (Fsp3) is 0.286. The first kappa shape index (κ1) is 20.2. The lowest BCUT2D eigenvalue weighted by Crippen LogP contribution is -2.14. The Labute approximate surface area is 168 Å². The van der Waals surface area contributed by atoms with Crippen LogP contribution >= 0.6 is 0 Å². The summed E-state index contributed by atoms with van der Waals surface area (Å²) in [6.45, 7) is 2.44. The van der Waals surface area contributed by atoms with E-state index in [1.165, 1.54) is 6.33 Å². The SMILES string of the molecule is CCCCOC(=O)Nc1ccc(Oc2ncnc3cc(OC)c(OC)cc23)cc1. The summed E-state index contributed by atoms with van der Waals surface area (Å²) in [6, 6.07) is 10.4. The molecule has 1 aromatic heterocycles. The van der Waals surface area contributed by atoms with Crippen molar-refractivity contribution >= 4 is 22.7 Å². The molecule has 8 heteroatoms. The quantitative estimate of drug-likeness (QED) is 0.547. The van der Waals surface area contributed by atoms with E-state index in [1.807, 2.05) is 6.92 Å². The maximum absolute atomic E-state index is 11.7. The predicted molar refractivity (Wildman–Crippen MR) is 109 cm³/mol. The molecule has 0 saturated carbocycles. The molecule has 1 amide bonds. The summed E-state index contributed by atoms with van der Waals surface area (Å²) < 4.78 is 21.6. The number of nitrogens with zero attached hydrogens (tertiary/aromatic N) is 2. The summed E-state index contributed by atoms with van der Waals surface area (Å²) in [6.07, 6.45) is 2.75. The van der Waals surface area contributed by atoms with Crippen molar-refractivity contribution in [3.63, 3.8) is 0 Å². The van der Waals surface area contributed by atoms with Gasteiger partial charge in [-0.3, -0.25) is 5.32 Å². The highest BCUT2D eigenvalue weighted by atomic mass is 16.5. The van der Waals surface area contributed by atoms with E-state index in [1.54, 1.807) is 50.6 Å². The molecule has 0 atom stereocenters. The van der Waals surface area contributed by atoms with Crippen LogP contribution in [0.3, 0.4) is 0 Å². The Morgan fingerprint density at radius 3 is 2.45 bits per heavy atom. The van der Waals surface area contributed by atoms with Gasteiger partial charge in [0, 0.05) is 11.8 Å². The third kappa shape index (κ3) is 5.04. The molecule has 0 aliphatic rings. The lowest BCUT2D eigenvalue weighted by molar-refractivity contribution is 0.160. The second-order valence-corrected chi connectivity index (χ2v) is 6.14. The summed E-state index contributed by atoms with van der Waals surface area (Å²) in [7, 11) is 3.13. The van der Waals surface area contributed by atoms with Crippen molar-refractivity contribution in [2.75, 3.05) is 26.1 Å². The molecule has 0 unspecified atom stereocenters. The van der Waals surface area contributed by atoms with Crippen molar-refractivity contribution < 1.29 is 23.7 Å². The summed E-state index contributed by atoms with van der Waals surface area (Å²) in [4.78, 5) is 20.2. The predicted octanol–water partition coefficient (Wildman–Crippen LogP) is 4.79. The highest BCUT2D eigenvalue weighted by molar-refractivity contribution is 5.87. The average molecular weight is 397 g/mol. The first-order valence-electron chi connectivity index (χ1n) is 9.23. The van der Waals surface area contributed by atoms with Crippen LogP contribution in [0.4, 0.5) is 10.5 Å². The van der Waals surface area contributed by atoms with Crippen LogP contribution in [0.1, 0.15) is 19.8 Å². The number of rotatable bonds is 8. The van der Waals surface area contributed by atoms with E-state index in [-0.39, 0.29) is 0 Å². The molecule has 3 rings (SSSR count). The van der Waals surface area contributed by atoms with Crippen LogP contribution in [0, 0.1) is 0 Å². The number of nitrogens with one attached hydrogen (secondary N) is 1. The van der Waals surface area contributed by atoms with Gasteiger partial charge in [0.2, 0.25) is 5.88 Å². The maximum atomic E-state index is 11.7. The van der Waals surface area contributed by atoms with E-state index >= 15 is 0 Å². The smallest absolute Gasteiger partial charge is 0.411 e. The molecule has 8 nitrogen and oxygen atoms in total. The molecule has 0 aliphatic carbocycles. The van der Waals surface area contributed by atoms with Crippen molar-refractivity contribution in [3.8, 4) is 23.1 Å². The molecule has 0 saturated heterocycles. The Morgan fingerprint density at radius 2 is 1.76 bits per heavy atom. The van der Waals surface area contributed by atoms with E-state index < -0.39 is 6.09 Å². The zero-order valence-corrected chi connectivity index (χ0v) is 16.6. The fourth-order valence-electron chi connectivity index (χ4n) is 2.62. The lowest BCUT2D eigenvalue weighted by atomic mass is 10.2. The van der Waals surface area contributed by atoms with Crippen molar-refractivity contribution in [1.29, 1.82) is 0 Å². The van der Waals surface area contributed by atoms with Gasteiger partial charge in [-0.05, 0) is 36.8 Å². The third-order valence-corrected chi connectivity index (χ3v) is 4.15. The first-order valence-corrected chi connectivity index (χ1v) is 9.23. The molecule has 1 N–H and O–H groups in total. The molecule has 0 fully saturated rings. The standard InChI is InChI=1S/C21H23N3O5/c1-4-5-10-28-21(25)24-14-6-8-15(9-7-14)29-20-16-11-18(26-2)19(27-3)12-17(16)22-13-23-20/h6-9,11-13H,4-5,10H2,1-3H3,(H,24,25). The zero-order valence-electron chi connectivity index (χ0n) is 16.6.